The fourth-order valence-corrected chi connectivity index (χ4v) is 4.22. The van der Waals surface area contributed by atoms with Gasteiger partial charge in [-0.25, -0.2) is 62.4 Å². The molecule has 3 aromatic rings. The number of nitrogens with zero attached hydrogens (tertiary/aromatic N) is 5. The van der Waals surface area contributed by atoms with E-state index in [2.05, 4.69) is 9.69 Å². The van der Waals surface area contributed by atoms with Crippen LogP contribution < -0.4 is 24.0 Å². The van der Waals surface area contributed by atoms with Crippen molar-refractivity contribution in [2.45, 2.75) is 0 Å². The van der Waals surface area contributed by atoms with E-state index in [9.17, 15) is 57.9 Å². The Morgan fingerprint density at radius 3 is 1.30 bits per heavy atom. The summed E-state index contributed by atoms with van der Waals surface area (Å²) in [7, 11) is 0. The number of rotatable bonds is 3. The van der Waals surface area contributed by atoms with Crippen molar-refractivity contribution in [3.63, 3.8) is 0 Å². The second-order valence-corrected chi connectivity index (χ2v) is 8.62. The third-order valence-corrected chi connectivity index (χ3v) is 6.35. The van der Waals surface area contributed by atoms with E-state index in [0.29, 0.717) is 0 Å². The van der Waals surface area contributed by atoms with Crippen LogP contribution in [0.3, 0.4) is 0 Å². The molecular weight excluding hydrogens is 773 g/mol. The van der Waals surface area contributed by atoms with E-state index in [1.165, 1.54) is 0 Å². The Balaban J connectivity index is 0.00000600. The molecule has 0 atom stereocenters. The second kappa shape index (κ2) is 12.9. The Hall–Kier alpha value is -5.78. The van der Waals surface area contributed by atoms with Crippen molar-refractivity contribution < 1.29 is 76.7 Å². The van der Waals surface area contributed by atoms with Crippen molar-refractivity contribution in [1.29, 1.82) is 15.8 Å². The molecule has 5 nitrogen and oxygen atoms in total. The van der Waals surface area contributed by atoms with Crippen LogP contribution in [0.5, 0.6) is 0 Å². The summed E-state index contributed by atoms with van der Waals surface area (Å²) >= 11 is 0. The lowest BCUT2D eigenvalue weighted by atomic mass is 10.00. The lowest BCUT2D eigenvalue weighted by Gasteiger charge is -2.08. The second-order valence-electron chi connectivity index (χ2n) is 8.62. The fraction of sp³-hybridized carbons (Fsp3) is 0. The minimum absolute atomic E-state index is 0. The zero-order valence-electron chi connectivity index (χ0n) is 21.7. The van der Waals surface area contributed by atoms with Crippen LogP contribution in [0.15, 0.2) is 16.7 Å². The molecule has 1 fully saturated rings. The van der Waals surface area contributed by atoms with Gasteiger partial charge in [-0.15, -0.1) is 0 Å². The topological polar surface area (TPSA) is 80.1 Å². The minimum Gasteiger partial charge on any atom is -1.00 e. The Morgan fingerprint density at radius 2 is 0.957 bits per heavy atom. The molecule has 0 unspecified atom stereocenters. The summed E-state index contributed by atoms with van der Waals surface area (Å²) in [5.41, 5.74) is -18.0. The van der Waals surface area contributed by atoms with Crippen LogP contribution in [0.1, 0.15) is 27.8 Å². The molecule has 0 radical (unpaired) electrons. The van der Waals surface area contributed by atoms with Gasteiger partial charge in [-0.3, -0.25) is 0 Å². The molecule has 1 aliphatic carbocycles. The first kappa shape index (κ1) is 35.7. The quantitative estimate of drug-likeness (QED) is 0.118. The molecule has 0 saturated heterocycles. The minimum atomic E-state index is -2.45. The first-order valence-corrected chi connectivity index (χ1v) is 11.4. The van der Waals surface area contributed by atoms with Gasteiger partial charge < -0.3 is 24.0 Å². The highest BCUT2D eigenvalue weighted by Gasteiger charge is 2.43. The number of allylic oxidation sites excluding steroid dienone is 4. The average molecular weight is 774 g/mol. The van der Waals surface area contributed by atoms with E-state index in [4.69, 9.17) is 23.7 Å². The molecular formula is C29HF12IN5-. The maximum absolute atomic E-state index is 14.9. The summed E-state index contributed by atoms with van der Waals surface area (Å²) in [4.78, 5) is 4.90. The molecule has 0 heterocycles. The molecule has 4 rings (SSSR count). The van der Waals surface area contributed by atoms with Gasteiger partial charge in [0.15, 0.2) is 69.8 Å². The van der Waals surface area contributed by atoms with Crippen molar-refractivity contribution in [2.24, 2.45) is 0 Å². The van der Waals surface area contributed by atoms with E-state index < -0.39 is 131 Å². The summed E-state index contributed by atoms with van der Waals surface area (Å²) in [6.07, 6.45) is -0.0178. The van der Waals surface area contributed by atoms with Gasteiger partial charge in [0.25, 0.3) is 5.69 Å². The van der Waals surface area contributed by atoms with Gasteiger partial charge in [0, 0.05) is 5.56 Å². The normalized spacial score (nSPS) is 14.7. The highest BCUT2D eigenvalue weighted by molar-refractivity contribution is 6.07. The van der Waals surface area contributed by atoms with Gasteiger partial charge in [0.05, 0.1) is 29.8 Å². The molecule has 234 valence electrons. The molecule has 0 spiro atoms. The lowest BCUT2D eigenvalue weighted by Crippen LogP contribution is -3.00. The number of nitriles is 3. The predicted molar refractivity (Wildman–Crippen MR) is 129 cm³/mol. The average Bonchev–Trinajstić information content (AvgIpc) is 3.73. The van der Waals surface area contributed by atoms with Gasteiger partial charge in [0.2, 0.25) is 5.70 Å². The van der Waals surface area contributed by atoms with Crippen LogP contribution in [0.25, 0.3) is 27.0 Å². The lowest BCUT2D eigenvalue weighted by molar-refractivity contribution is -0.0000159. The third-order valence-electron chi connectivity index (χ3n) is 6.35. The molecule has 0 bridgehead atoms. The van der Waals surface area contributed by atoms with Gasteiger partial charge in [-0.2, -0.15) is 15.8 Å². The Kier molecular flexibility index (Phi) is 9.81. The largest absolute Gasteiger partial charge is 1.00 e. The maximum atomic E-state index is 14.9. The SMILES string of the molecule is [C-]#[N+]C(=C1C(=Cc2c(F)c(F)c([N+]#[C-])c(F)c2F)C1=C(C#N)c1c(F)c(F)c(C#N)c(F)c1F)c1c(F)c(F)c(C#N)c(F)c1F.[I-]. The third kappa shape index (κ3) is 5.21. The molecule has 1 aliphatic rings. The standard InChI is InChI=1S/C29HF12N5.HI/c1-45-28(15-24(38)20(34)11(6-44)21(35)25(15)39)13-7(3-8-16(30)26(40)29(46-2)27(41)17(8)31)12(13)9(4-42)14-22(36)18(32)10(5-43)19(33)23(14)37;/h3H;1H/p-1. The number of benzene rings is 3. The monoisotopic (exact) mass is 774 g/mol. The van der Waals surface area contributed by atoms with E-state index in [0.717, 1.165) is 18.2 Å². The Morgan fingerprint density at radius 1 is 0.553 bits per heavy atom. The highest BCUT2D eigenvalue weighted by Crippen LogP contribution is 2.55. The van der Waals surface area contributed by atoms with Crippen LogP contribution in [-0.4, -0.2) is 0 Å². The molecule has 0 aromatic heterocycles. The van der Waals surface area contributed by atoms with Crippen molar-refractivity contribution in [3.05, 3.63) is 137 Å². The number of hydrogen-bond acceptors (Lipinski definition) is 3. The molecule has 1 saturated carbocycles. The zero-order valence-corrected chi connectivity index (χ0v) is 23.9. The van der Waals surface area contributed by atoms with Crippen LogP contribution in [0.4, 0.5) is 58.4 Å². The maximum Gasteiger partial charge on any atom is 0.262 e. The first-order valence-electron chi connectivity index (χ1n) is 11.4. The molecule has 18 heteroatoms. The summed E-state index contributed by atoms with van der Waals surface area (Å²) in [5.74, 6) is -28.5. The summed E-state index contributed by atoms with van der Waals surface area (Å²) in [6.45, 7) is 14.0. The van der Waals surface area contributed by atoms with Crippen LogP contribution in [0.2, 0.25) is 0 Å². The van der Waals surface area contributed by atoms with Crippen molar-refractivity contribution in [3.8, 4) is 18.2 Å². The van der Waals surface area contributed by atoms with Gasteiger partial charge >= 0.3 is 0 Å². The van der Waals surface area contributed by atoms with E-state index in [1.54, 1.807) is 0 Å². The van der Waals surface area contributed by atoms with Crippen molar-refractivity contribution >= 4 is 23.0 Å². The van der Waals surface area contributed by atoms with Gasteiger partial charge in [0.1, 0.15) is 29.3 Å². The van der Waals surface area contributed by atoms with E-state index in [-0.39, 0.29) is 30.1 Å². The van der Waals surface area contributed by atoms with Crippen LogP contribution in [0, 0.1) is 117 Å². The predicted octanol–water partition coefficient (Wildman–Crippen LogP) is 5.36. The summed E-state index contributed by atoms with van der Waals surface area (Å²) in [5, 5.41) is 27.3. The molecule has 0 aliphatic heterocycles. The smallest absolute Gasteiger partial charge is 0.262 e. The Bertz CT molecular complexity index is 2090. The van der Waals surface area contributed by atoms with Crippen molar-refractivity contribution in [1.82, 2.24) is 0 Å². The first-order chi connectivity index (χ1) is 21.7. The highest BCUT2D eigenvalue weighted by atomic mass is 127. The van der Waals surface area contributed by atoms with Gasteiger partial charge in [-0.1, -0.05) is 0 Å². The molecule has 0 amide bonds. The van der Waals surface area contributed by atoms with Crippen LogP contribution in [-0.2, 0) is 0 Å². The molecule has 0 N–H and O–H groups in total. The van der Waals surface area contributed by atoms with E-state index in [1.807, 2.05) is 0 Å². The Labute approximate surface area is 270 Å². The summed E-state index contributed by atoms with van der Waals surface area (Å²) in [6, 6.07) is 2.62. The van der Waals surface area contributed by atoms with E-state index >= 15 is 0 Å². The van der Waals surface area contributed by atoms with Gasteiger partial charge in [-0.05, 0) is 22.8 Å². The number of hydrogen-bond donors (Lipinski definition) is 0. The molecule has 47 heavy (non-hydrogen) atoms. The summed E-state index contributed by atoms with van der Waals surface area (Å²) < 4.78 is 176. The van der Waals surface area contributed by atoms with Crippen molar-refractivity contribution in [2.75, 3.05) is 0 Å². The zero-order chi connectivity index (χ0) is 34.5. The molecule has 3 aromatic carbocycles. The number of halogens is 13. The fourth-order valence-electron chi connectivity index (χ4n) is 4.22. The van der Waals surface area contributed by atoms with Crippen LogP contribution >= 0.6 is 0 Å².